The highest BCUT2D eigenvalue weighted by atomic mass is 32.2. The van der Waals surface area contributed by atoms with E-state index in [1.54, 1.807) is 4.90 Å². The molecule has 2 aromatic rings. The zero-order valence-corrected chi connectivity index (χ0v) is 14.4. The second kappa shape index (κ2) is 6.57. The van der Waals surface area contributed by atoms with Crippen LogP contribution < -0.4 is 10.3 Å². The number of halogens is 1. The van der Waals surface area contributed by atoms with Gasteiger partial charge in [0.15, 0.2) is 0 Å². The minimum absolute atomic E-state index is 0.146. The highest BCUT2D eigenvalue weighted by Gasteiger charge is 2.26. The first-order valence-corrected chi connectivity index (χ1v) is 9.71. The van der Waals surface area contributed by atoms with E-state index in [-0.39, 0.29) is 17.5 Å². The maximum atomic E-state index is 13.5. The fourth-order valence-electron chi connectivity index (χ4n) is 3.08. The lowest BCUT2D eigenvalue weighted by molar-refractivity contribution is 0.0713. The van der Waals surface area contributed by atoms with Crippen molar-refractivity contribution in [1.82, 2.24) is 14.6 Å². The number of likely N-dealkylation sites (tertiary alicyclic amines) is 1. The predicted octanol–water partition coefficient (Wildman–Crippen LogP) is 0.821. The maximum Gasteiger partial charge on any atom is 0.254 e. The van der Waals surface area contributed by atoms with Crippen molar-refractivity contribution in [3.8, 4) is 0 Å². The van der Waals surface area contributed by atoms with Gasteiger partial charge in [-0.05, 0) is 31.0 Å². The van der Waals surface area contributed by atoms with Crippen LogP contribution in [0.3, 0.4) is 0 Å². The number of fused-ring (bicyclic) bond motifs is 1. The average molecular weight is 367 g/mol. The molecule has 0 aliphatic carbocycles. The highest BCUT2D eigenvalue weighted by Crippen LogP contribution is 2.20. The number of aromatic nitrogens is 1. The van der Waals surface area contributed by atoms with Gasteiger partial charge in [-0.25, -0.2) is 17.5 Å². The molecule has 1 aromatic carbocycles. The lowest BCUT2D eigenvalue weighted by Crippen LogP contribution is -2.46. The van der Waals surface area contributed by atoms with E-state index in [0.717, 1.165) is 6.26 Å². The highest BCUT2D eigenvalue weighted by molar-refractivity contribution is 7.88. The average Bonchev–Trinajstić information content (AvgIpc) is 2.53. The Balaban J connectivity index is 1.84. The molecule has 9 heteroatoms. The van der Waals surface area contributed by atoms with Gasteiger partial charge in [0.05, 0.1) is 11.8 Å². The molecular formula is C16H18FN3O4S. The lowest BCUT2D eigenvalue weighted by Gasteiger charge is -2.32. The number of hydrogen-bond donors (Lipinski definition) is 2. The third-order valence-electron chi connectivity index (χ3n) is 4.20. The molecule has 0 saturated carbocycles. The van der Waals surface area contributed by atoms with Gasteiger partial charge < -0.3 is 9.88 Å². The van der Waals surface area contributed by atoms with Crippen LogP contribution in [0.5, 0.6) is 0 Å². The van der Waals surface area contributed by atoms with Gasteiger partial charge in [-0.1, -0.05) is 0 Å². The van der Waals surface area contributed by atoms with Crippen molar-refractivity contribution in [2.24, 2.45) is 0 Å². The Hall–Kier alpha value is -2.26. The number of aromatic amines is 1. The Morgan fingerprint density at radius 2 is 1.96 bits per heavy atom. The molecule has 1 aliphatic rings. The summed E-state index contributed by atoms with van der Waals surface area (Å²) in [5.41, 5.74) is 0.106. The number of carbonyl (C=O) groups excluding carboxylic acids is 1. The van der Waals surface area contributed by atoms with Gasteiger partial charge in [-0.3, -0.25) is 9.59 Å². The van der Waals surface area contributed by atoms with Crippen LogP contribution in [0.4, 0.5) is 4.39 Å². The van der Waals surface area contributed by atoms with E-state index < -0.39 is 21.4 Å². The van der Waals surface area contributed by atoms with Crippen LogP contribution in [0, 0.1) is 5.82 Å². The first kappa shape index (κ1) is 17.6. The summed E-state index contributed by atoms with van der Waals surface area (Å²) in [5.74, 6) is -0.857. The lowest BCUT2D eigenvalue weighted by atomic mass is 10.0. The van der Waals surface area contributed by atoms with Crippen LogP contribution in [0.2, 0.25) is 0 Å². The normalized spacial score (nSPS) is 16.3. The van der Waals surface area contributed by atoms with Crippen molar-refractivity contribution in [2.45, 2.75) is 18.9 Å². The molecule has 0 unspecified atom stereocenters. The second-order valence-electron chi connectivity index (χ2n) is 6.19. The summed E-state index contributed by atoms with van der Waals surface area (Å²) in [7, 11) is -3.29. The monoisotopic (exact) mass is 367 g/mol. The van der Waals surface area contributed by atoms with Crippen LogP contribution >= 0.6 is 0 Å². The number of piperidine rings is 1. The third kappa shape index (κ3) is 4.05. The first-order valence-electron chi connectivity index (χ1n) is 7.82. The Bertz CT molecular complexity index is 979. The Morgan fingerprint density at radius 3 is 2.60 bits per heavy atom. The maximum absolute atomic E-state index is 13.5. The van der Waals surface area contributed by atoms with E-state index in [2.05, 4.69) is 9.71 Å². The zero-order valence-electron chi connectivity index (χ0n) is 13.6. The van der Waals surface area contributed by atoms with Gasteiger partial charge in [0.2, 0.25) is 15.6 Å². The molecule has 0 atom stereocenters. The van der Waals surface area contributed by atoms with Crippen LogP contribution in [0.1, 0.15) is 23.2 Å². The van der Waals surface area contributed by atoms with Crippen molar-refractivity contribution in [3.05, 3.63) is 46.0 Å². The van der Waals surface area contributed by atoms with Crippen LogP contribution in [0.15, 0.2) is 29.1 Å². The van der Waals surface area contributed by atoms with Gasteiger partial charge in [-0.2, -0.15) is 0 Å². The number of amides is 1. The minimum Gasteiger partial charge on any atom is -0.339 e. The summed E-state index contributed by atoms with van der Waals surface area (Å²) in [6.45, 7) is 0.714. The van der Waals surface area contributed by atoms with Crippen molar-refractivity contribution in [1.29, 1.82) is 0 Å². The van der Waals surface area contributed by atoms with E-state index in [4.69, 9.17) is 0 Å². The molecule has 7 nitrogen and oxygen atoms in total. The standard InChI is InChI=1S/C16H18FN3O4S/c1-25(23,24)19-11-4-6-20(7-5-11)16(22)13-9-15(21)18-14-3-2-10(17)8-12(13)14/h2-3,8-9,11,19H,4-7H2,1H3,(H,18,21). The first-order chi connectivity index (χ1) is 11.7. The van der Waals surface area contributed by atoms with Gasteiger partial charge in [0.1, 0.15) is 5.82 Å². The van der Waals surface area contributed by atoms with Gasteiger partial charge in [-0.15, -0.1) is 0 Å². The molecule has 1 fully saturated rings. The Kier molecular flexibility index (Phi) is 4.61. The van der Waals surface area contributed by atoms with Crippen molar-refractivity contribution >= 4 is 26.8 Å². The fourth-order valence-corrected chi connectivity index (χ4v) is 3.92. The van der Waals surface area contributed by atoms with Gasteiger partial charge in [0, 0.05) is 36.1 Å². The summed E-state index contributed by atoms with van der Waals surface area (Å²) in [4.78, 5) is 28.7. The number of carbonyl (C=O) groups is 1. The summed E-state index contributed by atoms with van der Waals surface area (Å²) >= 11 is 0. The second-order valence-corrected chi connectivity index (χ2v) is 7.97. The molecule has 2 heterocycles. The number of rotatable bonds is 3. The Labute approximate surface area is 143 Å². The molecule has 25 heavy (non-hydrogen) atoms. The van der Waals surface area contributed by atoms with E-state index in [1.165, 1.54) is 24.3 Å². The van der Waals surface area contributed by atoms with Crippen LogP contribution in [-0.4, -0.2) is 49.6 Å². The topological polar surface area (TPSA) is 99.3 Å². The molecule has 1 amide bonds. The molecule has 1 aliphatic heterocycles. The number of nitrogens with one attached hydrogen (secondary N) is 2. The largest absolute Gasteiger partial charge is 0.339 e. The number of sulfonamides is 1. The molecule has 134 valence electrons. The van der Waals surface area contributed by atoms with Crippen LogP contribution in [-0.2, 0) is 10.0 Å². The number of H-pyrrole nitrogens is 1. The SMILES string of the molecule is CS(=O)(=O)NC1CCN(C(=O)c2cc(=O)[nH]c3ccc(F)cc23)CC1. The fraction of sp³-hybridized carbons (Fsp3) is 0.375. The smallest absolute Gasteiger partial charge is 0.254 e. The minimum atomic E-state index is -3.29. The zero-order chi connectivity index (χ0) is 18.2. The molecule has 1 saturated heterocycles. The molecule has 2 N–H and O–H groups in total. The van der Waals surface area contributed by atoms with Crippen LogP contribution in [0.25, 0.3) is 10.9 Å². The predicted molar refractivity (Wildman–Crippen MR) is 91.4 cm³/mol. The van der Waals surface area contributed by atoms with Gasteiger partial charge >= 0.3 is 0 Å². The summed E-state index contributed by atoms with van der Waals surface area (Å²) in [6, 6.07) is 4.81. The van der Waals surface area contributed by atoms with Crippen molar-refractivity contribution in [3.63, 3.8) is 0 Å². The quantitative estimate of drug-likeness (QED) is 0.839. The summed E-state index contributed by atoms with van der Waals surface area (Å²) < 4.78 is 38.7. The van der Waals surface area contributed by atoms with E-state index in [9.17, 15) is 22.4 Å². The van der Waals surface area contributed by atoms with Gasteiger partial charge in [0.25, 0.3) is 5.91 Å². The van der Waals surface area contributed by atoms with Crippen molar-refractivity contribution < 1.29 is 17.6 Å². The van der Waals surface area contributed by atoms with Crippen molar-refractivity contribution in [2.75, 3.05) is 19.3 Å². The van der Waals surface area contributed by atoms with E-state index >= 15 is 0 Å². The molecular weight excluding hydrogens is 349 g/mol. The number of hydrogen-bond acceptors (Lipinski definition) is 4. The van der Waals surface area contributed by atoms with E-state index in [1.807, 2.05) is 0 Å². The Morgan fingerprint density at radius 1 is 1.28 bits per heavy atom. The molecule has 1 aromatic heterocycles. The van der Waals surface area contributed by atoms with E-state index in [0.29, 0.717) is 36.8 Å². The molecule has 0 bridgehead atoms. The molecule has 3 rings (SSSR count). The molecule has 0 radical (unpaired) electrons. The summed E-state index contributed by atoms with van der Waals surface area (Å²) in [6.07, 6.45) is 2.06. The number of nitrogens with zero attached hydrogens (tertiary/aromatic N) is 1. The summed E-state index contributed by atoms with van der Waals surface area (Å²) in [5, 5.41) is 0.348. The number of pyridine rings is 1. The molecule has 0 spiro atoms. The number of benzene rings is 1. The third-order valence-corrected chi connectivity index (χ3v) is 4.96.